The molecule has 0 amide bonds. The van der Waals surface area contributed by atoms with E-state index >= 15 is 0 Å². The SMILES string of the molecule is C#CC(C)Oc1ncccc1C=O. The fourth-order valence-corrected chi connectivity index (χ4v) is 0.793. The first-order chi connectivity index (χ1) is 6.27. The molecule has 0 aliphatic heterocycles. The van der Waals surface area contributed by atoms with Crippen LogP contribution < -0.4 is 4.74 Å². The summed E-state index contributed by atoms with van der Waals surface area (Å²) in [5, 5.41) is 0. The largest absolute Gasteiger partial charge is 0.461 e. The Balaban J connectivity index is 2.88. The number of ether oxygens (including phenoxy) is 1. The molecule has 1 heterocycles. The molecule has 0 bridgehead atoms. The van der Waals surface area contributed by atoms with Crippen molar-refractivity contribution in [2.45, 2.75) is 13.0 Å². The van der Waals surface area contributed by atoms with Crippen LogP contribution in [-0.2, 0) is 0 Å². The van der Waals surface area contributed by atoms with Crippen LogP contribution in [0.25, 0.3) is 0 Å². The number of aromatic nitrogens is 1. The Bertz CT molecular complexity index is 341. The third-order valence-electron chi connectivity index (χ3n) is 1.45. The highest BCUT2D eigenvalue weighted by molar-refractivity contribution is 5.77. The second-order valence-electron chi connectivity index (χ2n) is 2.44. The number of hydrogen-bond donors (Lipinski definition) is 0. The van der Waals surface area contributed by atoms with E-state index in [1.54, 1.807) is 25.3 Å². The summed E-state index contributed by atoms with van der Waals surface area (Å²) >= 11 is 0. The van der Waals surface area contributed by atoms with Gasteiger partial charge in [0, 0.05) is 6.20 Å². The molecular formula is C10H9NO2. The Hall–Kier alpha value is -1.82. The number of terminal acetylenes is 1. The summed E-state index contributed by atoms with van der Waals surface area (Å²) in [5.74, 6) is 2.67. The minimum atomic E-state index is -0.381. The van der Waals surface area contributed by atoms with Crippen LogP contribution in [0, 0.1) is 12.3 Å². The molecule has 1 aromatic rings. The van der Waals surface area contributed by atoms with E-state index in [1.807, 2.05) is 0 Å². The molecule has 1 atom stereocenters. The van der Waals surface area contributed by atoms with Crippen molar-refractivity contribution < 1.29 is 9.53 Å². The number of pyridine rings is 1. The molecule has 0 spiro atoms. The molecule has 0 radical (unpaired) electrons. The van der Waals surface area contributed by atoms with Gasteiger partial charge in [0.2, 0.25) is 5.88 Å². The van der Waals surface area contributed by atoms with Gasteiger partial charge in [-0.3, -0.25) is 4.79 Å². The summed E-state index contributed by atoms with van der Waals surface area (Å²) in [6.45, 7) is 1.71. The maximum atomic E-state index is 10.5. The van der Waals surface area contributed by atoms with Gasteiger partial charge in [0.15, 0.2) is 12.4 Å². The van der Waals surface area contributed by atoms with Crippen LogP contribution in [0.1, 0.15) is 17.3 Å². The van der Waals surface area contributed by atoms with E-state index in [0.29, 0.717) is 11.8 Å². The molecule has 1 aromatic heterocycles. The number of aldehydes is 1. The number of rotatable bonds is 3. The third-order valence-corrected chi connectivity index (χ3v) is 1.45. The highest BCUT2D eigenvalue weighted by Gasteiger charge is 2.05. The third kappa shape index (κ3) is 2.31. The van der Waals surface area contributed by atoms with Gasteiger partial charge in [0.1, 0.15) is 0 Å². The second kappa shape index (κ2) is 4.27. The molecule has 0 aliphatic carbocycles. The van der Waals surface area contributed by atoms with Crippen molar-refractivity contribution in [3.05, 3.63) is 23.9 Å². The Labute approximate surface area is 76.8 Å². The zero-order valence-electron chi connectivity index (χ0n) is 7.23. The number of hydrogen-bond acceptors (Lipinski definition) is 3. The molecular weight excluding hydrogens is 166 g/mol. The van der Waals surface area contributed by atoms with Crippen LogP contribution in [0.4, 0.5) is 0 Å². The van der Waals surface area contributed by atoms with Gasteiger partial charge in [-0.15, -0.1) is 6.42 Å². The normalized spacial score (nSPS) is 11.4. The zero-order chi connectivity index (χ0) is 9.68. The topological polar surface area (TPSA) is 39.2 Å². The van der Waals surface area contributed by atoms with Crippen LogP contribution >= 0.6 is 0 Å². The highest BCUT2D eigenvalue weighted by Crippen LogP contribution is 2.12. The van der Waals surface area contributed by atoms with Gasteiger partial charge >= 0.3 is 0 Å². The van der Waals surface area contributed by atoms with Gasteiger partial charge in [-0.2, -0.15) is 0 Å². The summed E-state index contributed by atoms with van der Waals surface area (Å²) in [4.78, 5) is 14.4. The van der Waals surface area contributed by atoms with Crippen molar-refractivity contribution in [1.29, 1.82) is 0 Å². The van der Waals surface area contributed by atoms with E-state index in [-0.39, 0.29) is 12.0 Å². The lowest BCUT2D eigenvalue weighted by Crippen LogP contribution is -2.10. The lowest BCUT2D eigenvalue weighted by molar-refractivity contribution is 0.111. The molecule has 0 fully saturated rings. The fraction of sp³-hybridized carbons (Fsp3) is 0.200. The fourth-order valence-electron chi connectivity index (χ4n) is 0.793. The monoisotopic (exact) mass is 175 g/mol. The van der Waals surface area contributed by atoms with E-state index in [9.17, 15) is 4.79 Å². The second-order valence-corrected chi connectivity index (χ2v) is 2.44. The van der Waals surface area contributed by atoms with Gasteiger partial charge in [-0.1, -0.05) is 5.92 Å². The average molecular weight is 175 g/mol. The molecule has 0 aromatic carbocycles. The van der Waals surface area contributed by atoms with E-state index < -0.39 is 0 Å². The van der Waals surface area contributed by atoms with Gasteiger partial charge in [-0.25, -0.2) is 4.98 Å². The Kier molecular flexibility index (Phi) is 3.04. The van der Waals surface area contributed by atoms with E-state index in [1.165, 1.54) is 0 Å². The molecule has 3 heteroatoms. The van der Waals surface area contributed by atoms with Crippen molar-refractivity contribution in [2.24, 2.45) is 0 Å². The molecule has 0 aliphatic rings. The van der Waals surface area contributed by atoms with E-state index in [0.717, 1.165) is 0 Å². The molecule has 1 unspecified atom stereocenters. The van der Waals surface area contributed by atoms with Crippen LogP contribution in [0.15, 0.2) is 18.3 Å². The summed E-state index contributed by atoms with van der Waals surface area (Å²) < 4.78 is 5.21. The lowest BCUT2D eigenvalue weighted by atomic mass is 10.3. The molecule has 0 saturated heterocycles. The lowest BCUT2D eigenvalue weighted by Gasteiger charge is -2.08. The average Bonchev–Trinajstić information content (AvgIpc) is 2.18. The standard InChI is InChI=1S/C10H9NO2/c1-3-8(2)13-10-9(7-12)5-4-6-11-10/h1,4-8H,2H3. The molecule has 0 saturated carbocycles. The maximum absolute atomic E-state index is 10.5. The van der Waals surface area contributed by atoms with Crippen molar-refractivity contribution in [1.82, 2.24) is 4.98 Å². The molecule has 13 heavy (non-hydrogen) atoms. The summed E-state index contributed by atoms with van der Waals surface area (Å²) in [7, 11) is 0. The van der Waals surface area contributed by atoms with Crippen LogP contribution in [0.3, 0.4) is 0 Å². The first-order valence-electron chi connectivity index (χ1n) is 3.81. The smallest absolute Gasteiger partial charge is 0.225 e. The molecule has 1 rings (SSSR count). The Morgan fingerprint density at radius 2 is 2.54 bits per heavy atom. The van der Waals surface area contributed by atoms with Gasteiger partial charge in [0.05, 0.1) is 5.56 Å². The minimum Gasteiger partial charge on any atom is -0.461 e. The Morgan fingerprint density at radius 3 is 3.15 bits per heavy atom. The molecule has 3 nitrogen and oxygen atoms in total. The quantitative estimate of drug-likeness (QED) is 0.513. The summed E-state index contributed by atoms with van der Waals surface area (Å²) in [6, 6.07) is 3.29. The molecule has 0 N–H and O–H groups in total. The van der Waals surface area contributed by atoms with Gasteiger partial charge in [0.25, 0.3) is 0 Å². The predicted octanol–water partition coefficient (Wildman–Crippen LogP) is 1.29. The van der Waals surface area contributed by atoms with Crippen LogP contribution in [-0.4, -0.2) is 17.4 Å². The van der Waals surface area contributed by atoms with Crippen molar-refractivity contribution in [3.63, 3.8) is 0 Å². The van der Waals surface area contributed by atoms with Crippen LogP contribution in [0.5, 0.6) is 5.88 Å². The van der Waals surface area contributed by atoms with E-state index in [2.05, 4.69) is 10.9 Å². The predicted molar refractivity (Wildman–Crippen MR) is 48.5 cm³/mol. The number of nitrogens with zero attached hydrogens (tertiary/aromatic N) is 1. The zero-order valence-corrected chi connectivity index (χ0v) is 7.23. The van der Waals surface area contributed by atoms with Crippen molar-refractivity contribution >= 4 is 6.29 Å². The number of carbonyl (C=O) groups is 1. The van der Waals surface area contributed by atoms with Crippen LogP contribution in [0.2, 0.25) is 0 Å². The summed E-state index contributed by atoms with van der Waals surface area (Å²) in [5.41, 5.74) is 0.407. The first kappa shape index (κ1) is 9.27. The maximum Gasteiger partial charge on any atom is 0.225 e. The minimum absolute atomic E-state index is 0.281. The Morgan fingerprint density at radius 1 is 1.77 bits per heavy atom. The number of carbonyl (C=O) groups excluding carboxylic acids is 1. The van der Waals surface area contributed by atoms with Crippen molar-refractivity contribution in [3.8, 4) is 18.2 Å². The summed E-state index contributed by atoms with van der Waals surface area (Å²) in [6.07, 6.45) is 6.97. The van der Waals surface area contributed by atoms with E-state index in [4.69, 9.17) is 11.2 Å². The van der Waals surface area contributed by atoms with Crippen molar-refractivity contribution in [2.75, 3.05) is 0 Å². The highest BCUT2D eigenvalue weighted by atomic mass is 16.5. The first-order valence-corrected chi connectivity index (χ1v) is 3.81. The van der Waals surface area contributed by atoms with Gasteiger partial charge in [-0.05, 0) is 19.1 Å². The molecule has 66 valence electrons. The van der Waals surface area contributed by atoms with Gasteiger partial charge < -0.3 is 4.74 Å².